The summed E-state index contributed by atoms with van der Waals surface area (Å²) >= 11 is 12.9. The average Bonchev–Trinajstić information content (AvgIpc) is 2.82. The summed E-state index contributed by atoms with van der Waals surface area (Å²) in [4.78, 5) is 13.9. The normalized spacial score (nSPS) is 18.2. The average molecular weight is 473 g/mol. The summed E-state index contributed by atoms with van der Waals surface area (Å²) in [5, 5.41) is 17.5. The van der Waals surface area contributed by atoms with Crippen LogP contribution in [0, 0.1) is 11.3 Å². The van der Waals surface area contributed by atoms with Crippen molar-refractivity contribution in [1.82, 2.24) is 10.2 Å². The highest BCUT2D eigenvalue weighted by atomic mass is 35.5. The zero-order chi connectivity index (χ0) is 22.6. The van der Waals surface area contributed by atoms with Gasteiger partial charge in [0.25, 0.3) is 0 Å². The zero-order valence-corrected chi connectivity index (χ0v) is 19.3. The second-order valence-corrected chi connectivity index (χ2v) is 8.91. The van der Waals surface area contributed by atoms with Crippen LogP contribution < -0.4 is 15.4 Å². The quantitative estimate of drug-likeness (QED) is 0.585. The number of nitrogens with one attached hydrogen (secondary N) is 2. The molecule has 2 heterocycles. The monoisotopic (exact) mass is 472 g/mol. The van der Waals surface area contributed by atoms with Crippen LogP contribution in [0.15, 0.2) is 36.4 Å². The Morgan fingerprint density at radius 2 is 1.97 bits per heavy atom. The SMILES string of the molecule is N#CC(CCCOc1ccc2c(c1)NC(=O)CC2)(c1cccc(Cl)c1Cl)N1CCNCC1. The predicted molar refractivity (Wildman–Crippen MR) is 126 cm³/mol. The molecule has 0 radical (unpaired) electrons. The highest BCUT2D eigenvalue weighted by Gasteiger charge is 2.41. The highest BCUT2D eigenvalue weighted by Crippen LogP contribution is 2.40. The van der Waals surface area contributed by atoms with E-state index in [1.54, 1.807) is 6.07 Å². The molecule has 1 atom stereocenters. The summed E-state index contributed by atoms with van der Waals surface area (Å²) in [6.07, 6.45) is 2.48. The Kier molecular flexibility index (Phi) is 7.22. The lowest BCUT2D eigenvalue weighted by Gasteiger charge is -2.42. The molecule has 168 valence electrons. The molecular weight excluding hydrogens is 447 g/mol. The summed E-state index contributed by atoms with van der Waals surface area (Å²) in [5.74, 6) is 0.736. The maximum absolute atomic E-state index is 11.7. The fourth-order valence-electron chi connectivity index (χ4n) is 4.48. The molecule has 0 aromatic heterocycles. The van der Waals surface area contributed by atoms with Gasteiger partial charge in [0, 0.05) is 49.9 Å². The van der Waals surface area contributed by atoms with Gasteiger partial charge in [0.1, 0.15) is 11.3 Å². The van der Waals surface area contributed by atoms with E-state index in [2.05, 4.69) is 21.6 Å². The summed E-state index contributed by atoms with van der Waals surface area (Å²) in [5.41, 5.74) is 1.80. The van der Waals surface area contributed by atoms with Crippen molar-refractivity contribution in [3.63, 3.8) is 0 Å². The van der Waals surface area contributed by atoms with Crippen molar-refractivity contribution in [2.45, 2.75) is 31.2 Å². The van der Waals surface area contributed by atoms with Crippen molar-refractivity contribution in [2.75, 3.05) is 38.1 Å². The standard InChI is InChI=1S/C24H26Cl2N4O2/c25-20-4-1-3-19(23(20)26)24(16-27,30-12-10-28-11-13-30)9-2-14-32-18-7-5-17-6-8-22(31)29-21(17)15-18/h1,3-5,7,15,28H,2,6,8-14H2,(H,29,31). The number of benzene rings is 2. The Hall–Kier alpha value is -2.30. The predicted octanol–water partition coefficient (Wildman–Crippen LogP) is 4.36. The minimum Gasteiger partial charge on any atom is -0.494 e. The van der Waals surface area contributed by atoms with Crippen LogP contribution in [-0.2, 0) is 16.8 Å². The van der Waals surface area contributed by atoms with Gasteiger partial charge in [-0.3, -0.25) is 9.69 Å². The van der Waals surface area contributed by atoms with Gasteiger partial charge in [0.15, 0.2) is 0 Å². The van der Waals surface area contributed by atoms with E-state index < -0.39 is 5.54 Å². The second-order valence-electron chi connectivity index (χ2n) is 8.13. The first-order valence-corrected chi connectivity index (χ1v) is 11.7. The van der Waals surface area contributed by atoms with Gasteiger partial charge in [-0.25, -0.2) is 0 Å². The molecule has 2 N–H and O–H groups in total. The number of nitriles is 1. The number of hydrogen-bond donors (Lipinski definition) is 2. The number of piperazine rings is 1. The molecule has 4 rings (SSSR count). The molecule has 32 heavy (non-hydrogen) atoms. The molecule has 0 bridgehead atoms. The lowest BCUT2D eigenvalue weighted by Crippen LogP contribution is -2.54. The van der Waals surface area contributed by atoms with Crippen LogP contribution in [0.5, 0.6) is 5.75 Å². The van der Waals surface area contributed by atoms with Crippen molar-refractivity contribution in [3.05, 3.63) is 57.6 Å². The molecule has 0 aliphatic carbocycles. The van der Waals surface area contributed by atoms with E-state index in [4.69, 9.17) is 27.9 Å². The number of anilines is 1. The summed E-state index contributed by atoms with van der Waals surface area (Å²) < 4.78 is 5.97. The van der Waals surface area contributed by atoms with Crippen LogP contribution in [0.2, 0.25) is 10.0 Å². The number of rotatable bonds is 7. The molecular formula is C24H26Cl2N4O2. The Labute approximate surface area is 198 Å². The number of nitrogens with zero attached hydrogens (tertiary/aromatic N) is 2. The van der Waals surface area contributed by atoms with Crippen LogP contribution >= 0.6 is 23.2 Å². The number of amides is 1. The maximum atomic E-state index is 11.7. The summed E-state index contributed by atoms with van der Waals surface area (Å²) in [7, 11) is 0. The van der Waals surface area contributed by atoms with Crippen LogP contribution in [0.3, 0.4) is 0 Å². The smallest absolute Gasteiger partial charge is 0.224 e. The summed E-state index contributed by atoms with van der Waals surface area (Å²) in [6, 6.07) is 13.8. The maximum Gasteiger partial charge on any atom is 0.224 e. The number of hydrogen-bond acceptors (Lipinski definition) is 5. The molecule has 1 saturated heterocycles. The van der Waals surface area contributed by atoms with E-state index in [1.165, 1.54) is 0 Å². The molecule has 0 saturated carbocycles. The molecule has 8 heteroatoms. The van der Waals surface area contributed by atoms with E-state index >= 15 is 0 Å². The number of halogens is 2. The molecule has 2 aromatic carbocycles. The van der Waals surface area contributed by atoms with Crippen LogP contribution in [0.25, 0.3) is 0 Å². The largest absolute Gasteiger partial charge is 0.494 e. The summed E-state index contributed by atoms with van der Waals surface area (Å²) in [6.45, 7) is 3.59. The van der Waals surface area contributed by atoms with Crippen molar-refractivity contribution < 1.29 is 9.53 Å². The van der Waals surface area contributed by atoms with E-state index in [1.807, 2.05) is 30.3 Å². The molecule has 6 nitrogen and oxygen atoms in total. The molecule has 1 fully saturated rings. The fourth-order valence-corrected chi connectivity index (χ4v) is 4.94. The highest BCUT2D eigenvalue weighted by molar-refractivity contribution is 6.42. The molecule has 1 amide bonds. The van der Waals surface area contributed by atoms with Gasteiger partial charge in [-0.2, -0.15) is 5.26 Å². The number of fused-ring (bicyclic) bond motifs is 1. The fraction of sp³-hybridized carbons (Fsp3) is 0.417. The minimum absolute atomic E-state index is 0.0304. The third-order valence-electron chi connectivity index (χ3n) is 6.17. The minimum atomic E-state index is -0.878. The van der Waals surface area contributed by atoms with Gasteiger partial charge in [0.2, 0.25) is 5.91 Å². The van der Waals surface area contributed by atoms with Crippen LogP contribution in [0.4, 0.5) is 5.69 Å². The third-order valence-corrected chi connectivity index (χ3v) is 6.99. The van der Waals surface area contributed by atoms with E-state index in [0.717, 1.165) is 49.4 Å². The third kappa shape index (κ3) is 4.72. The zero-order valence-electron chi connectivity index (χ0n) is 17.8. The van der Waals surface area contributed by atoms with Gasteiger partial charge in [-0.15, -0.1) is 0 Å². The number of carbonyl (C=O) groups is 1. The van der Waals surface area contributed by atoms with Crippen LogP contribution in [0.1, 0.15) is 30.4 Å². The molecule has 1 unspecified atom stereocenters. The number of carbonyl (C=O) groups excluding carboxylic acids is 1. The van der Waals surface area contributed by atoms with E-state index in [-0.39, 0.29) is 5.91 Å². The lowest BCUT2D eigenvalue weighted by atomic mass is 9.84. The first-order valence-electron chi connectivity index (χ1n) is 10.9. The first-order chi connectivity index (χ1) is 15.5. The topological polar surface area (TPSA) is 77.4 Å². The first kappa shape index (κ1) is 22.9. The number of aryl methyl sites for hydroxylation is 1. The van der Waals surface area contributed by atoms with Crippen molar-refractivity contribution in [2.24, 2.45) is 0 Å². The number of ether oxygens (including phenoxy) is 1. The Bertz CT molecular complexity index is 1030. The Balaban J connectivity index is 1.48. The second kappa shape index (κ2) is 10.1. The lowest BCUT2D eigenvalue weighted by molar-refractivity contribution is -0.116. The molecule has 2 aliphatic rings. The Morgan fingerprint density at radius 3 is 2.75 bits per heavy atom. The molecule has 2 aromatic rings. The Morgan fingerprint density at radius 1 is 1.16 bits per heavy atom. The van der Waals surface area contributed by atoms with Crippen LogP contribution in [-0.4, -0.2) is 43.6 Å². The van der Waals surface area contributed by atoms with E-state index in [0.29, 0.717) is 41.7 Å². The van der Waals surface area contributed by atoms with Gasteiger partial charge < -0.3 is 15.4 Å². The van der Waals surface area contributed by atoms with Gasteiger partial charge in [0.05, 0.1) is 22.7 Å². The molecule has 0 spiro atoms. The van der Waals surface area contributed by atoms with Crippen molar-refractivity contribution >= 4 is 34.8 Å². The van der Waals surface area contributed by atoms with Gasteiger partial charge in [-0.1, -0.05) is 41.4 Å². The van der Waals surface area contributed by atoms with Gasteiger partial charge >= 0.3 is 0 Å². The van der Waals surface area contributed by atoms with Crippen molar-refractivity contribution in [3.8, 4) is 11.8 Å². The van der Waals surface area contributed by atoms with E-state index in [9.17, 15) is 10.1 Å². The van der Waals surface area contributed by atoms with Gasteiger partial charge in [-0.05, 0) is 37.0 Å². The molecule has 2 aliphatic heterocycles. The van der Waals surface area contributed by atoms with Crippen molar-refractivity contribution in [1.29, 1.82) is 5.26 Å².